The van der Waals surface area contributed by atoms with Crippen molar-refractivity contribution in [2.24, 2.45) is 0 Å². The second-order valence-electron chi connectivity index (χ2n) is 5.08. The molecule has 1 aromatic carbocycles. The highest BCUT2D eigenvalue weighted by atomic mass is 16.6. The first-order chi connectivity index (χ1) is 10.2. The van der Waals surface area contributed by atoms with Gasteiger partial charge >= 0.3 is 0 Å². The number of hydrogen-bond donors (Lipinski definition) is 0. The van der Waals surface area contributed by atoms with Crippen LogP contribution in [0.3, 0.4) is 0 Å². The van der Waals surface area contributed by atoms with Gasteiger partial charge in [-0.1, -0.05) is 12.1 Å². The van der Waals surface area contributed by atoms with Crippen LogP contribution in [0.25, 0.3) is 0 Å². The van der Waals surface area contributed by atoms with Crippen molar-refractivity contribution in [2.75, 3.05) is 7.11 Å². The maximum Gasteiger partial charge on any atom is 0.271 e. The van der Waals surface area contributed by atoms with Crippen LogP contribution in [0.5, 0.6) is 5.75 Å². The summed E-state index contributed by atoms with van der Waals surface area (Å²) in [4.78, 5) is 15.2. The number of aromatic nitrogens is 3. The van der Waals surface area contributed by atoms with Crippen LogP contribution in [0.1, 0.15) is 36.1 Å². The number of rotatable bonds is 4. The molecule has 7 nitrogen and oxygen atoms in total. The number of hydrogen-bond acceptors (Lipinski definition) is 5. The molecule has 2 heterocycles. The lowest BCUT2D eigenvalue weighted by atomic mass is 10.1. The molecule has 0 saturated heterocycles. The molecule has 0 bridgehead atoms. The summed E-state index contributed by atoms with van der Waals surface area (Å²) in [5, 5.41) is 15.5. The Hall–Kier alpha value is -2.44. The SMILES string of the molecule is COc1ccc(Cc2nc3n(n2)CCCC3[N+](=O)[O-])cc1. The first kappa shape index (κ1) is 13.5. The molecular weight excluding hydrogens is 272 g/mol. The van der Waals surface area contributed by atoms with Crippen molar-refractivity contribution in [2.45, 2.75) is 31.8 Å². The van der Waals surface area contributed by atoms with Gasteiger partial charge in [0, 0.05) is 24.3 Å². The van der Waals surface area contributed by atoms with Crippen LogP contribution in [0.15, 0.2) is 24.3 Å². The minimum Gasteiger partial charge on any atom is -0.497 e. The smallest absolute Gasteiger partial charge is 0.271 e. The zero-order valence-electron chi connectivity index (χ0n) is 11.7. The molecule has 0 amide bonds. The highest BCUT2D eigenvalue weighted by Crippen LogP contribution is 2.26. The Bertz CT molecular complexity index is 651. The number of aryl methyl sites for hydroxylation is 1. The summed E-state index contributed by atoms with van der Waals surface area (Å²) in [6, 6.07) is 6.93. The molecule has 110 valence electrons. The molecule has 0 radical (unpaired) electrons. The molecule has 1 atom stereocenters. The molecule has 3 rings (SSSR count). The average molecular weight is 288 g/mol. The zero-order valence-corrected chi connectivity index (χ0v) is 11.7. The molecule has 2 aromatic rings. The second-order valence-corrected chi connectivity index (χ2v) is 5.08. The third-order valence-electron chi connectivity index (χ3n) is 3.67. The highest BCUT2D eigenvalue weighted by molar-refractivity contribution is 5.28. The summed E-state index contributed by atoms with van der Waals surface area (Å²) >= 11 is 0. The maximum absolute atomic E-state index is 11.1. The van der Waals surface area contributed by atoms with Crippen molar-refractivity contribution in [3.8, 4) is 5.75 Å². The quantitative estimate of drug-likeness (QED) is 0.634. The Labute approximate surface area is 121 Å². The van der Waals surface area contributed by atoms with Crippen molar-refractivity contribution in [1.82, 2.24) is 14.8 Å². The molecule has 0 fully saturated rings. The Morgan fingerprint density at radius 3 is 2.86 bits per heavy atom. The van der Waals surface area contributed by atoms with Crippen LogP contribution in [-0.4, -0.2) is 26.8 Å². The van der Waals surface area contributed by atoms with E-state index in [0.29, 0.717) is 31.0 Å². The fourth-order valence-corrected chi connectivity index (χ4v) is 2.58. The van der Waals surface area contributed by atoms with Gasteiger partial charge in [0.05, 0.1) is 7.11 Å². The summed E-state index contributed by atoms with van der Waals surface area (Å²) < 4.78 is 6.79. The van der Waals surface area contributed by atoms with E-state index in [0.717, 1.165) is 17.7 Å². The number of methoxy groups -OCH3 is 1. The van der Waals surface area contributed by atoms with Gasteiger partial charge in [-0.3, -0.25) is 10.1 Å². The average Bonchev–Trinajstić information content (AvgIpc) is 2.89. The van der Waals surface area contributed by atoms with Crippen LogP contribution < -0.4 is 4.74 Å². The molecule has 1 aromatic heterocycles. The molecule has 0 saturated carbocycles. The maximum atomic E-state index is 11.1. The monoisotopic (exact) mass is 288 g/mol. The van der Waals surface area contributed by atoms with Crippen LogP contribution in [0.2, 0.25) is 0 Å². The van der Waals surface area contributed by atoms with E-state index < -0.39 is 6.04 Å². The Morgan fingerprint density at radius 1 is 1.43 bits per heavy atom. The molecule has 0 spiro atoms. The van der Waals surface area contributed by atoms with Crippen molar-refractivity contribution >= 4 is 0 Å². The molecule has 7 heteroatoms. The second kappa shape index (κ2) is 5.51. The zero-order chi connectivity index (χ0) is 14.8. The number of benzene rings is 1. The van der Waals surface area contributed by atoms with Gasteiger partial charge in [-0.2, -0.15) is 5.10 Å². The molecule has 21 heavy (non-hydrogen) atoms. The number of nitro groups is 1. The third-order valence-corrected chi connectivity index (χ3v) is 3.67. The van der Waals surface area contributed by atoms with Crippen LogP contribution in [-0.2, 0) is 13.0 Å². The molecule has 1 aliphatic heterocycles. The summed E-state index contributed by atoms with van der Waals surface area (Å²) in [7, 11) is 1.62. The summed E-state index contributed by atoms with van der Waals surface area (Å²) in [6.45, 7) is 0.704. The normalized spacial score (nSPS) is 17.3. The highest BCUT2D eigenvalue weighted by Gasteiger charge is 2.32. The van der Waals surface area contributed by atoms with E-state index in [4.69, 9.17) is 4.74 Å². The van der Waals surface area contributed by atoms with Crippen molar-refractivity contribution in [3.63, 3.8) is 0 Å². The number of nitrogens with zero attached hydrogens (tertiary/aromatic N) is 4. The predicted molar refractivity (Wildman–Crippen MR) is 74.8 cm³/mol. The Balaban J connectivity index is 1.82. The van der Waals surface area contributed by atoms with Gasteiger partial charge in [-0.05, 0) is 24.1 Å². The first-order valence-corrected chi connectivity index (χ1v) is 6.87. The number of ether oxygens (including phenoxy) is 1. The first-order valence-electron chi connectivity index (χ1n) is 6.87. The van der Waals surface area contributed by atoms with Crippen LogP contribution >= 0.6 is 0 Å². The fourth-order valence-electron chi connectivity index (χ4n) is 2.58. The Morgan fingerprint density at radius 2 is 2.19 bits per heavy atom. The van der Waals surface area contributed by atoms with E-state index in [2.05, 4.69) is 10.1 Å². The third kappa shape index (κ3) is 2.72. The minimum absolute atomic E-state index is 0.267. The van der Waals surface area contributed by atoms with E-state index in [1.807, 2.05) is 24.3 Å². The summed E-state index contributed by atoms with van der Waals surface area (Å²) in [5.74, 6) is 1.91. The molecule has 1 unspecified atom stereocenters. The molecule has 1 aliphatic rings. The van der Waals surface area contributed by atoms with E-state index in [-0.39, 0.29) is 4.92 Å². The van der Waals surface area contributed by atoms with Gasteiger partial charge < -0.3 is 4.74 Å². The lowest BCUT2D eigenvalue weighted by molar-refractivity contribution is -0.533. The van der Waals surface area contributed by atoms with Crippen molar-refractivity contribution < 1.29 is 9.66 Å². The van der Waals surface area contributed by atoms with Gasteiger partial charge in [-0.25, -0.2) is 9.67 Å². The molecule has 0 N–H and O–H groups in total. The Kier molecular flexibility index (Phi) is 3.55. The fraction of sp³-hybridized carbons (Fsp3) is 0.429. The topological polar surface area (TPSA) is 83.1 Å². The van der Waals surface area contributed by atoms with Gasteiger partial charge in [0.25, 0.3) is 6.04 Å². The van der Waals surface area contributed by atoms with Gasteiger partial charge in [-0.15, -0.1) is 0 Å². The predicted octanol–water partition coefficient (Wildman–Crippen LogP) is 1.99. The standard InChI is InChI=1S/C14H16N4O3/c1-21-11-6-4-10(5-7-11)9-13-15-14-12(18(19)20)3-2-8-17(14)16-13/h4-7,12H,2-3,8-9H2,1H3. The van der Waals surface area contributed by atoms with Crippen LogP contribution in [0, 0.1) is 10.1 Å². The van der Waals surface area contributed by atoms with E-state index in [9.17, 15) is 10.1 Å². The van der Waals surface area contributed by atoms with Crippen LogP contribution in [0.4, 0.5) is 0 Å². The minimum atomic E-state index is -0.726. The van der Waals surface area contributed by atoms with Gasteiger partial charge in [0.1, 0.15) is 5.75 Å². The summed E-state index contributed by atoms with van der Waals surface area (Å²) in [6.07, 6.45) is 1.87. The van der Waals surface area contributed by atoms with Crippen molar-refractivity contribution in [3.05, 3.63) is 51.6 Å². The van der Waals surface area contributed by atoms with E-state index >= 15 is 0 Å². The molecule has 0 aliphatic carbocycles. The summed E-state index contributed by atoms with van der Waals surface area (Å²) in [5.41, 5.74) is 1.05. The number of fused-ring (bicyclic) bond motifs is 1. The largest absolute Gasteiger partial charge is 0.497 e. The van der Waals surface area contributed by atoms with Gasteiger partial charge in [0.2, 0.25) is 5.82 Å². The van der Waals surface area contributed by atoms with E-state index in [1.54, 1.807) is 11.8 Å². The van der Waals surface area contributed by atoms with Crippen molar-refractivity contribution in [1.29, 1.82) is 0 Å². The lowest BCUT2D eigenvalue weighted by Crippen LogP contribution is -2.22. The van der Waals surface area contributed by atoms with Gasteiger partial charge in [0.15, 0.2) is 5.82 Å². The molecular formula is C14H16N4O3. The lowest BCUT2D eigenvalue weighted by Gasteiger charge is -2.15. The van der Waals surface area contributed by atoms with E-state index in [1.165, 1.54) is 0 Å².